The molecule has 194 valence electrons. The number of carbonyl (C=O) groups is 2. The largest absolute Gasteiger partial charge is 0.343 e. The Morgan fingerprint density at radius 2 is 1.83 bits per heavy atom. The Morgan fingerprint density at radius 1 is 1.14 bits per heavy atom. The van der Waals surface area contributed by atoms with Crippen LogP contribution in [0.3, 0.4) is 0 Å². The minimum absolute atomic E-state index is 0.0451. The highest BCUT2D eigenvalue weighted by atomic mass is 32.2. The number of hydrogen-bond donors (Lipinski definition) is 2. The van der Waals surface area contributed by atoms with Crippen LogP contribution in [0.15, 0.2) is 29.3 Å². The molecule has 2 aromatic rings. The summed E-state index contributed by atoms with van der Waals surface area (Å²) in [7, 11) is -1.85. The van der Waals surface area contributed by atoms with Crippen molar-refractivity contribution in [2.75, 3.05) is 40.3 Å². The van der Waals surface area contributed by atoms with Gasteiger partial charge in [0.25, 0.3) is 0 Å². The lowest BCUT2D eigenvalue weighted by Crippen LogP contribution is -2.47. The zero-order valence-electron chi connectivity index (χ0n) is 21.2. The molecule has 2 N–H and O–H groups in total. The molecule has 1 aromatic carbocycles. The van der Waals surface area contributed by atoms with Crippen molar-refractivity contribution < 1.29 is 18.0 Å². The number of nitrogens with one attached hydrogen (secondary N) is 2. The third kappa shape index (κ3) is 5.95. The average molecular weight is 515 g/mol. The molecule has 11 heteroatoms. The molecule has 1 aromatic heterocycles. The topological polar surface area (TPSA) is 125 Å². The first-order valence-electron chi connectivity index (χ1n) is 12.3. The van der Waals surface area contributed by atoms with Crippen LogP contribution < -0.4 is 20.4 Å². The Kier molecular flexibility index (Phi) is 7.49. The molecule has 0 saturated heterocycles. The van der Waals surface area contributed by atoms with Crippen molar-refractivity contribution in [1.29, 1.82) is 0 Å². The van der Waals surface area contributed by atoms with Crippen LogP contribution in [0.25, 0.3) is 0 Å². The van der Waals surface area contributed by atoms with Crippen molar-refractivity contribution >= 4 is 50.5 Å². The van der Waals surface area contributed by atoms with Crippen LogP contribution in [0.4, 0.5) is 28.8 Å². The maximum atomic E-state index is 12.7. The van der Waals surface area contributed by atoms with Crippen molar-refractivity contribution in [1.82, 2.24) is 9.97 Å². The number of fused-ring (bicyclic) bond motifs is 1. The van der Waals surface area contributed by atoms with Crippen LogP contribution in [0.1, 0.15) is 52.4 Å². The number of hydrogen-bond acceptors (Lipinski definition) is 8. The minimum Gasteiger partial charge on any atom is -0.343 e. The molecular formula is C25H34N6O4S. The van der Waals surface area contributed by atoms with Crippen molar-refractivity contribution in [3.05, 3.63) is 24.4 Å². The number of amides is 2. The van der Waals surface area contributed by atoms with E-state index in [0.717, 1.165) is 31.9 Å². The molecule has 1 aliphatic carbocycles. The van der Waals surface area contributed by atoms with Crippen molar-refractivity contribution in [3.8, 4) is 0 Å². The minimum atomic E-state index is -3.54. The summed E-state index contributed by atoms with van der Waals surface area (Å²) in [6.45, 7) is 4.17. The van der Waals surface area contributed by atoms with Crippen molar-refractivity contribution in [3.63, 3.8) is 0 Å². The normalized spacial score (nSPS) is 16.8. The fraction of sp³-hybridized carbons (Fsp3) is 0.520. The van der Waals surface area contributed by atoms with E-state index in [2.05, 4.69) is 20.6 Å². The summed E-state index contributed by atoms with van der Waals surface area (Å²) in [5, 5.41) is 5.95. The summed E-state index contributed by atoms with van der Waals surface area (Å²) < 4.78 is 24.7. The Balaban J connectivity index is 1.60. The number of carbonyl (C=O) groups excluding carboxylic acids is 2. The monoisotopic (exact) mass is 514 g/mol. The van der Waals surface area contributed by atoms with E-state index >= 15 is 0 Å². The molecule has 0 radical (unpaired) electrons. The molecular weight excluding hydrogens is 480 g/mol. The standard InChI is InChI=1S/C25H34N6O4S/c1-16(2)31-15-23(33)30(3)21-14-26-25(29-24(21)31)28-19-11-18(12-20(13-19)36(4,34)35)27-22(32)10-17-8-6-5-7-9-17/h11-14,16-17H,5-10,15H2,1-4H3,(H,27,32)(H,26,28,29). The zero-order chi connectivity index (χ0) is 26.0. The fourth-order valence-electron chi connectivity index (χ4n) is 4.71. The molecule has 10 nitrogen and oxygen atoms in total. The van der Waals surface area contributed by atoms with Gasteiger partial charge in [0.1, 0.15) is 5.69 Å². The summed E-state index contributed by atoms with van der Waals surface area (Å²) in [5.74, 6) is 1.07. The predicted octanol–water partition coefficient (Wildman–Crippen LogP) is 3.72. The predicted molar refractivity (Wildman–Crippen MR) is 141 cm³/mol. The maximum absolute atomic E-state index is 12.7. The van der Waals surface area contributed by atoms with Gasteiger partial charge < -0.3 is 20.4 Å². The van der Waals surface area contributed by atoms with Gasteiger partial charge in [0, 0.05) is 37.1 Å². The van der Waals surface area contributed by atoms with E-state index in [1.807, 2.05) is 18.7 Å². The van der Waals surface area contributed by atoms with E-state index in [-0.39, 0.29) is 35.2 Å². The molecule has 0 bridgehead atoms. The van der Waals surface area contributed by atoms with Gasteiger partial charge >= 0.3 is 0 Å². The van der Waals surface area contributed by atoms with E-state index < -0.39 is 9.84 Å². The van der Waals surface area contributed by atoms with Gasteiger partial charge in [0.15, 0.2) is 15.7 Å². The molecule has 0 unspecified atom stereocenters. The second-order valence-electron chi connectivity index (χ2n) is 9.98. The van der Waals surface area contributed by atoms with E-state index in [9.17, 15) is 18.0 Å². The Hall–Kier alpha value is -3.21. The van der Waals surface area contributed by atoms with E-state index in [1.54, 1.807) is 19.3 Å². The number of sulfone groups is 1. The molecule has 2 amide bonds. The lowest BCUT2D eigenvalue weighted by molar-refractivity contribution is -0.118. The third-order valence-electron chi connectivity index (χ3n) is 6.76. The van der Waals surface area contributed by atoms with E-state index in [1.165, 1.54) is 23.5 Å². The summed E-state index contributed by atoms with van der Waals surface area (Å²) in [6.07, 6.45) is 8.74. The molecule has 4 rings (SSSR count). The van der Waals surface area contributed by atoms with Crippen molar-refractivity contribution in [2.45, 2.75) is 63.3 Å². The first kappa shape index (κ1) is 25.9. The fourth-order valence-corrected chi connectivity index (χ4v) is 5.40. The van der Waals surface area contributed by atoms with Gasteiger partial charge in [-0.15, -0.1) is 0 Å². The summed E-state index contributed by atoms with van der Waals surface area (Å²) in [4.78, 5) is 37.5. The maximum Gasteiger partial charge on any atom is 0.246 e. The molecule has 1 saturated carbocycles. The molecule has 36 heavy (non-hydrogen) atoms. The number of aromatic nitrogens is 2. The van der Waals surface area contributed by atoms with Crippen LogP contribution in [0.2, 0.25) is 0 Å². The highest BCUT2D eigenvalue weighted by Gasteiger charge is 2.30. The van der Waals surface area contributed by atoms with E-state index in [4.69, 9.17) is 0 Å². The average Bonchev–Trinajstić information content (AvgIpc) is 2.81. The van der Waals surface area contributed by atoms with Gasteiger partial charge in [-0.25, -0.2) is 13.4 Å². The van der Waals surface area contributed by atoms with Gasteiger partial charge in [0.05, 0.1) is 17.6 Å². The first-order chi connectivity index (χ1) is 17.0. The van der Waals surface area contributed by atoms with Crippen LogP contribution in [0, 0.1) is 5.92 Å². The second-order valence-corrected chi connectivity index (χ2v) is 12.0. The lowest BCUT2D eigenvalue weighted by Gasteiger charge is -2.36. The Bertz CT molecular complexity index is 1260. The second kappa shape index (κ2) is 10.4. The lowest BCUT2D eigenvalue weighted by atomic mass is 9.87. The van der Waals surface area contributed by atoms with E-state index in [0.29, 0.717) is 35.2 Å². The number of anilines is 5. The first-order valence-corrected chi connectivity index (χ1v) is 14.2. The molecule has 2 aliphatic rings. The Labute approximate surface area is 212 Å². The molecule has 0 spiro atoms. The quantitative estimate of drug-likeness (QED) is 0.573. The van der Waals surface area contributed by atoms with Crippen LogP contribution in [-0.2, 0) is 19.4 Å². The summed E-state index contributed by atoms with van der Waals surface area (Å²) >= 11 is 0. The smallest absolute Gasteiger partial charge is 0.246 e. The van der Waals surface area contributed by atoms with Gasteiger partial charge in [-0.1, -0.05) is 19.3 Å². The van der Waals surface area contributed by atoms with Gasteiger partial charge in [-0.2, -0.15) is 4.98 Å². The van der Waals surface area contributed by atoms with Gasteiger partial charge in [-0.05, 0) is 50.8 Å². The number of nitrogens with zero attached hydrogens (tertiary/aromatic N) is 4. The summed E-state index contributed by atoms with van der Waals surface area (Å²) in [5.41, 5.74) is 1.43. The third-order valence-corrected chi connectivity index (χ3v) is 7.85. The zero-order valence-corrected chi connectivity index (χ0v) is 22.1. The van der Waals surface area contributed by atoms with Crippen molar-refractivity contribution in [2.24, 2.45) is 5.92 Å². The van der Waals surface area contributed by atoms with Crippen LogP contribution >= 0.6 is 0 Å². The summed E-state index contributed by atoms with van der Waals surface area (Å²) in [6, 6.07) is 4.68. The highest BCUT2D eigenvalue weighted by Crippen LogP contribution is 2.33. The number of benzene rings is 1. The molecule has 0 atom stereocenters. The Morgan fingerprint density at radius 3 is 2.50 bits per heavy atom. The number of likely N-dealkylation sites (N-methyl/N-ethyl adjacent to an activating group) is 1. The highest BCUT2D eigenvalue weighted by molar-refractivity contribution is 7.90. The SMILES string of the molecule is CC(C)N1CC(=O)N(C)c2cnc(Nc3cc(NC(=O)CC4CCCCC4)cc(S(C)(=O)=O)c3)nc21. The molecule has 2 heterocycles. The van der Waals surface area contributed by atoms with Gasteiger partial charge in [-0.3, -0.25) is 9.59 Å². The number of rotatable bonds is 7. The van der Waals surface area contributed by atoms with Crippen LogP contribution in [0.5, 0.6) is 0 Å². The van der Waals surface area contributed by atoms with Gasteiger partial charge in [0.2, 0.25) is 17.8 Å². The molecule has 1 aliphatic heterocycles. The molecule has 1 fully saturated rings. The van der Waals surface area contributed by atoms with Crippen LogP contribution in [-0.4, -0.2) is 56.1 Å².